The molecule has 166 valence electrons. The van der Waals surface area contributed by atoms with Crippen LogP contribution in [0.5, 0.6) is 5.75 Å². The maximum absolute atomic E-state index is 13.1. The molecule has 0 radical (unpaired) electrons. The number of anilines is 2. The number of aryl methyl sites for hydroxylation is 1. The Hall–Kier alpha value is -3.19. The molecule has 0 aliphatic carbocycles. The van der Waals surface area contributed by atoms with Gasteiger partial charge >= 0.3 is 0 Å². The first-order valence-corrected chi connectivity index (χ1v) is 11.8. The van der Waals surface area contributed by atoms with Crippen LogP contribution in [0.4, 0.5) is 11.5 Å². The van der Waals surface area contributed by atoms with E-state index >= 15 is 0 Å². The van der Waals surface area contributed by atoms with Gasteiger partial charge in [0.05, 0.1) is 23.8 Å². The molecule has 0 saturated carbocycles. The predicted molar refractivity (Wildman–Crippen MR) is 133 cm³/mol. The van der Waals surface area contributed by atoms with E-state index in [1.807, 2.05) is 54.7 Å². The first-order valence-electron chi connectivity index (χ1n) is 10.9. The molecule has 2 aliphatic heterocycles. The topological polar surface area (TPSA) is 67.7 Å². The number of carbonyl (C=O) groups is 1. The number of amides is 1. The lowest BCUT2D eigenvalue weighted by Crippen LogP contribution is -2.29. The molecule has 7 heteroatoms. The summed E-state index contributed by atoms with van der Waals surface area (Å²) < 4.78 is 7.33. The number of nitrogens with zero attached hydrogens (tertiary/aromatic N) is 2. The molecule has 2 aromatic heterocycles. The zero-order valence-electron chi connectivity index (χ0n) is 18.8. The standard InChI is InChI=1S/C23H22N4O2S.C2H6/c1-14-6-9-19-25-21(22(27(19)13-14)26-20-5-3-4-10-30-20)17-11-15-7-8-16(29-2)12-18(15)24-23(17)28;1-2/h3-9,12-13,17,26H,10-11H2,1-2H3,(H,24,28);1-2H3. The number of rotatable bonds is 4. The van der Waals surface area contributed by atoms with E-state index < -0.39 is 0 Å². The average molecular weight is 449 g/mol. The van der Waals surface area contributed by atoms with Crippen molar-refractivity contribution in [3.63, 3.8) is 0 Å². The summed E-state index contributed by atoms with van der Waals surface area (Å²) in [6.45, 7) is 6.05. The van der Waals surface area contributed by atoms with E-state index in [9.17, 15) is 4.79 Å². The molecule has 1 amide bonds. The number of methoxy groups -OCH3 is 1. The molecule has 0 spiro atoms. The highest BCUT2D eigenvalue weighted by molar-refractivity contribution is 8.03. The Morgan fingerprint density at radius 2 is 2.09 bits per heavy atom. The SMILES string of the molecule is CC.COc1ccc2c(c1)NC(=O)C(c1nc3ccc(C)cn3c1NC1=CC=CCS1)C2. The minimum atomic E-state index is -0.377. The Bertz CT molecular complexity index is 1210. The quantitative estimate of drug-likeness (QED) is 0.551. The molecule has 2 N–H and O–H groups in total. The third kappa shape index (κ3) is 4.25. The number of hydrogen-bond acceptors (Lipinski definition) is 5. The van der Waals surface area contributed by atoms with Crippen molar-refractivity contribution in [2.75, 3.05) is 23.5 Å². The van der Waals surface area contributed by atoms with Crippen LogP contribution in [-0.2, 0) is 11.2 Å². The molecule has 1 atom stereocenters. The molecule has 3 aromatic rings. The third-order valence-corrected chi connectivity index (χ3v) is 6.31. The van der Waals surface area contributed by atoms with Crippen LogP contribution in [0.15, 0.2) is 59.8 Å². The second-order valence-electron chi connectivity index (χ2n) is 7.44. The van der Waals surface area contributed by atoms with Gasteiger partial charge < -0.3 is 15.4 Å². The average Bonchev–Trinajstić information content (AvgIpc) is 3.17. The molecule has 0 saturated heterocycles. The van der Waals surface area contributed by atoms with E-state index in [4.69, 9.17) is 9.72 Å². The van der Waals surface area contributed by atoms with Gasteiger partial charge in [-0.3, -0.25) is 9.20 Å². The number of thioether (sulfide) groups is 1. The minimum absolute atomic E-state index is 0.0518. The van der Waals surface area contributed by atoms with Gasteiger partial charge in [0.15, 0.2) is 0 Å². The molecule has 6 nitrogen and oxygen atoms in total. The monoisotopic (exact) mass is 448 g/mol. The number of pyridine rings is 1. The molecule has 4 heterocycles. The Balaban J connectivity index is 0.00000119. The number of carbonyl (C=O) groups excluding carboxylic acids is 1. The number of allylic oxidation sites excluding steroid dienone is 2. The summed E-state index contributed by atoms with van der Waals surface area (Å²) in [6.07, 6.45) is 8.86. The van der Waals surface area contributed by atoms with Crippen molar-refractivity contribution in [3.05, 3.63) is 76.6 Å². The normalized spacial score (nSPS) is 17.1. The first-order chi connectivity index (χ1) is 15.6. The fourth-order valence-corrected chi connectivity index (χ4v) is 4.59. The van der Waals surface area contributed by atoms with Crippen molar-refractivity contribution >= 4 is 34.8 Å². The van der Waals surface area contributed by atoms with Crippen LogP contribution in [0.1, 0.15) is 36.6 Å². The molecule has 1 unspecified atom stereocenters. The van der Waals surface area contributed by atoms with Crippen molar-refractivity contribution in [1.82, 2.24) is 9.38 Å². The van der Waals surface area contributed by atoms with Crippen LogP contribution in [0.3, 0.4) is 0 Å². The minimum Gasteiger partial charge on any atom is -0.497 e. The lowest BCUT2D eigenvalue weighted by molar-refractivity contribution is -0.117. The van der Waals surface area contributed by atoms with Gasteiger partial charge in [0, 0.05) is 23.7 Å². The number of fused-ring (bicyclic) bond motifs is 2. The smallest absolute Gasteiger partial charge is 0.234 e. The van der Waals surface area contributed by atoms with Crippen molar-refractivity contribution in [1.29, 1.82) is 0 Å². The van der Waals surface area contributed by atoms with E-state index in [-0.39, 0.29) is 11.8 Å². The Morgan fingerprint density at radius 3 is 2.84 bits per heavy atom. The van der Waals surface area contributed by atoms with Crippen LogP contribution in [-0.4, -0.2) is 28.2 Å². The summed E-state index contributed by atoms with van der Waals surface area (Å²) in [5, 5.41) is 7.62. The third-order valence-electron chi connectivity index (χ3n) is 5.40. The zero-order valence-corrected chi connectivity index (χ0v) is 19.6. The molecule has 5 rings (SSSR count). The fourth-order valence-electron chi connectivity index (χ4n) is 3.86. The van der Waals surface area contributed by atoms with Crippen LogP contribution in [0, 0.1) is 6.92 Å². The zero-order chi connectivity index (χ0) is 22.7. The Labute approximate surface area is 192 Å². The summed E-state index contributed by atoms with van der Waals surface area (Å²) >= 11 is 1.73. The number of nitrogens with one attached hydrogen (secondary N) is 2. The molecular formula is C25H28N4O2S. The van der Waals surface area contributed by atoms with Crippen LogP contribution in [0.2, 0.25) is 0 Å². The fraction of sp³-hybridized carbons (Fsp3) is 0.280. The summed E-state index contributed by atoms with van der Waals surface area (Å²) in [4.78, 5) is 17.9. The molecule has 2 aliphatic rings. The van der Waals surface area contributed by atoms with Gasteiger partial charge in [0.2, 0.25) is 5.91 Å². The Morgan fingerprint density at radius 1 is 1.25 bits per heavy atom. The van der Waals surface area contributed by atoms with Gasteiger partial charge in [-0.25, -0.2) is 4.98 Å². The highest BCUT2D eigenvalue weighted by atomic mass is 32.2. The van der Waals surface area contributed by atoms with Crippen molar-refractivity contribution in [2.24, 2.45) is 0 Å². The number of ether oxygens (including phenoxy) is 1. The molecule has 0 fully saturated rings. The van der Waals surface area contributed by atoms with Gasteiger partial charge in [-0.15, -0.1) is 11.8 Å². The molecular weight excluding hydrogens is 420 g/mol. The van der Waals surface area contributed by atoms with Crippen molar-refractivity contribution in [2.45, 2.75) is 33.1 Å². The second kappa shape index (κ2) is 9.53. The number of hydrogen-bond donors (Lipinski definition) is 2. The number of benzene rings is 1. The van der Waals surface area contributed by atoms with Gasteiger partial charge in [0.25, 0.3) is 0 Å². The molecule has 32 heavy (non-hydrogen) atoms. The summed E-state index contributed by atoms with van der Waals surface area (Å²) in [5.41, 5.74) is 4.60. The van der Waals surface area contributed by atoms with E-state index in [1.54, 1.807) is 18.9 Å². The van der Waals surface area contributed by atoms with E-state index in [0.717, 1.165) is 50.5 Å². The van der Waals surface area contributed by atoms with E-state index in [0.29, 0.717) is 6.42 Å². The van der Waals surface area contributed by atoms with Gasteiger partial charge in [-0.1, -0.05) is 38.1 Å². The van der Waals surface area contributed by atoms with Gasteiger partial charge in [-0.05, 0) is 42.7 Å². The lowest BCUT2D eigenvalue weighted by Gasteiger charge is -2.25. The summed E-state index contributed by atoms with van der Waals surface area (Å²) in [7, 11) is 1.62. The number of imidazole rings is 1. The van der Waals surface area contributed by atoms with E-state index in [2.05, 4.69) is 35.9 Å². The first kappa shape index (κ1) is 22.0. The van der Waals surface area contributed by atoms with Crippen molar-refractivity contribution < 1.29 is 9.53 Å². The van der Waals surface area contributed by atoms with Crippen LogP contribution in [0.25, 0.3) is 5.65 Å². The predicted octanol–water partition coefficient (Wildman–Crippen LogP) is 5.51. The highest BCUT2D eigenvalue weighted by Gasteiger charge is 2.33. The second-order valence-corrected chi connectivity index (χ2v) is 8.51. The lowest BCUT2D eigenvalue weighted by atomic mass is 9.90. The van der Waals surface area contributed by atoms with Gasteiger partial charge in [-0.2, -0.15) is 0 Å². The van der Waals surface area contributed by atoms with Crippen LogP contribution < -0.4 is 15.4 Å². The van der Waals surface area contributed by atoms with E-state index in [1.165, 1.54) is 0 Å². The molecule has 1 aromatic carbocycles. The van der Waals surface area contributed by atoms with Gasteiger partial charge in [0.1, 0.15) is 17.2 Å². The number of aromatic nitrogens is 2. The van der Waals surface area contributed by atoms with Crippen molar-refractivity contribution in [3.8, 4) is 5.75 Å². The largest absolute Gasteiger partial charge is 0.497 e. The maximum Gasteiger partial charge on any atom is 0.234 e. The maximum atomic E-state index is 13.1. The highest BCUT2D eigenvalue weighted by Crippen LogP contribution is 2.37. The molecule has 0 bridgehead atoms. The summed E-state index contributed by atoms with van der Waals surface area (Å²) in [5.74, 6) is 2.07. The summed E-state index contributed by atoms with van der Waals surface area (Å²) in [6, 6.07) is 9.83. The van der Waals surface area contributed by atoms with Crippen LogP contribution >= 0.6 is 11.8 Å². The Kier molecular flexibility index (Phi) is 6.55.